The van der Waals surface area contributed by atoms with Crippen molar-refractivity contribution in [1.29, 1.82) is 0 Å². The molecular formula is C18H26F3N3O4S. The summed E-state index contributed by atoms with van der Waals surface area (Å²) in [6.07, 6.45) is -4.37. The highest BCUT2D eigenvalue weighted by molar-refractivity contribution is 7.89. The molecule has 0 saturated carbocycles. The maximum Gasteiger partial charge on any atom is 0.389 e. The number of benzene rings is 1. The Morgan fingerprint density at radius 2 is 1.76 bits per heavy atom. The highest BCUT2D eigenvalue weighted by Crippen LogP contribution is 2.29. The number of carbonyl (C=O) groups is 1. The van der Waals surface area contributed by atoms with E-state index in [0.717, 1.165) is 10.4 Å². The number of unbranched alkanes of at least 4 members (excludes halogenated alkanes) is 1. The number of aromatic carboxylic acids is 1. The summed E-state index contributed by atoms with van der Waals surface area (Å²) < 4.78 is 63.1. The van der Waals surface area contributed by atoms with Gasteiger partial charge in [0.25, 0.3) is 0 Å². The van der Waals surface area contributed by atoms with Gasteiger partial charge in [0.2, 0.25) is 10.0 Å². The third-order valence-corrected chi connectivity index (χ3v) is 6.71. The molecule has 0 spiro atoms. The molecule has 1 N–H and O–H groups in total. The van der Waals surface area contributed by atoms with Crippen molar-refractivity contribution < 1.29 is 31.5 Å². The van der Waals surface area contributed by atoms with Crippen LogP contribution in [-0.4, -0.2) is 81.7 Å². The summed E-state index contributed by atoms with van der Waals surface area (Å²) in [5, 5.41) is 9.20. The van der Waals surface area contributed by atoms with E-state index in [0.29, 0.717) is 44.8 Å². The normalized spacial score (nSPS) is 16.4. The molecule has 0 atom stereocenters. The van der Waals surface area contributed by atoms with E-state index in [-0.39, 0.29) is 16.9 Å². The summed E-state index contributed by atoms with van der Waals surface area (Å²) in [5.74, 6) is -1.21. The SMILES string of the molecule is CN(C)S(=O)(=O)c1cc(C(=O)O)ccc1N1CCN(CCCCC(F)(F)F)CC1. The standard InChI is InChI=1S/C18H26F3N3O4S/c1-22(2)29(27,28)16-13-14(17(25)26)5-6-15(16)24-11-9-23(10-12-24)8-4-3-7-18(19,20)21/h5-6,13H,3-4,7-12H2,1-2H3,(H,25,26). The van der Waals surface area contributed by atoms with E-state index in [1.165, 1.54) is 26.2 Å². The summed E-state index contributed by atoms with van der Waals surface area (Å²) in [6, 6.07) is 4.03. The van der Waals surface area contributed by atoms with Crippen molar-refractivity contribution in [1.82, 2.24) is 9.21 Å². The van der Waals surface area contributed by atoms with Crippen LogP contribution in [0.2, 0.25) is 0 Å². The Morgan fingerprint density at radius 1 is 1.14 bits per heavy atom. The fourth-order valence-corrected chi connectivity index (χ4v) is 4.32. The molecule has 2 rings (SSSR count). The van der Waals surface area contributed by atoms with Crippen LogP contribution in [0.15, 0.2) is 23.1 Å². The summed E-state index contributed by atoms with van der Waals surface area (Å²) in [6.45, 7) is 2.75. The summed E-state index contributed by atoms with van der Waals surface area (Å²) >= 11 is 0. The van der Waals surface area contributed by atoms with Crippen molar-refractivity contribution in [2.24, 2.45) is 0 Å². The largest absolute Gasteiger partial charge is 0.478 e. The molecule has 1 saturated heterocycles. The van der Waals surface area contributed by atoms with E-state index in [1.807, 2.05) is 4.90 Å². The third kappa shape index (κ3) is 6.31. The van der Waals surface area contributed by atoms with Crippen molar-refractivity contribution in [3.05, 3.63) is 23.8 Å². The van der Waals surface area contributed by atoms with Gasteiger partial charge < -0.3 is 10.0 Å². The van der Waals surface area contributed by atoms with Crippen LogP contribution in [0.25, 0.3) is 0 Å². The lowest BCUT2D eigenvalue weighted by molar-refractivity contribution is -0.135. The van der Waals surface area contributed by atoms with Crippen LogP contribution in [0.1, 0.15) is 29.6 Å². The maximum absolute atomic E-state index is 12.7. The Morgan fingerprint density at radius 3 is 2.28 bits per heavy atom. The van der Waals surface area contributed by atoms with E-state index in [2.05, 4.69) is 4.90 Å². The lowest BCUT2D eigenvalue weighted by atomic mass is 10.1. The van der Waals surface area contributed by atoms with Gasteiger partial charge in [-0.05, 0) is 37.6 Å². The zero-order chi connectivity index (χ0) is 21.8. The summed E-state index contributed by atoms with van der Waals surface area (Å²) in [7, 11) is -1.09. The molecule has 0 aliphatic carbocycles. The van der Waals surface area contributed by atoms with E-state index >= 15 is 0 Å². The van der Waals surface area contributed by atoms with E-state index in [1.54, 1.807) is 0 Å². The number of carboxylic acid groups (broad SMARTS) is 1. The number of halogens is 3. The van der Waals surface area contributed by atoms with Gasteiger partial charge in [-0.2, -0.15) is 13.2 Å². The zero-order valence-corrected chi connectivity index (χ0v) is 17.3. The molecule has 7 nitrogen and oxygen atoms in total. The maximum atomic E-state index is 12.7. The minimum Gasteiger partial charge on any atom is -0.478 e. The van der Waals surface area contributed by atoms with Crippen molar-refractivity contribution in [2.45, 2.75) is 30.3 Å². The number of sulfonamides is 1. The number of hydrogen-bond acceptors (Lipinski definition) is 5. The molecule has 0 unspecified atom stereocenters. The highest BCUT2D eigenvalue weighted by Gasteiger charge is 2.28. The lowest BCUT2D eigenvalue weighted by Gasteiger charge is -2.37. The van der Waals surface area contributed by atoms with Gasteiger partial charge in [0.15, 0.2) is 0 Å². The molecular weight excluding hydrogens is 411 g/mol. The topological polar surface area (TPSA) is 81.2 Å². The van der Waals surface area contributed by atoms with Crippen LogP contribution in [0, 0.1) is 0 Å². The van der Waals surface area contributed by atoms with Gasteiger partial charge in [-0.15, -0.1) is 0 Å². The number of anilines is 1. The van der Waals surface area contributed by atoms with Gasteiger partial charge in [0, 0.05) is 46.7 Å². The molecule has 1 aromatic rings. The molecule has 1 aliphatic rings. The Hall–Kier alpha value is -1.85. The molecule has 29 heavy (non-hydrogen) atoms. The molecule has 0 radical (unpaired) electrons. The number of alkyl halides is 3. The van der Waals surface area contributed by atoms with E-state index in [4.69, 9.17) is 0 Å². The average Bonchev–Trinajstić information content (AvgIpc) is 2.64. The lowest BCUT2D eigenvalue weighted by Crippen LogP contribution is -2.47. The van der Waals surface area contributed by atoms with Gasteiger partial charge in [-0.3, -0.25) is 4.90 Å². The van der Waals surface area contributed by atoms with Gasteiger partial charge in [0.1, 0.15) is 4.90 Å². The Bertz CT molecular complexity index is 820. The fourth-order valence-electron chi connectivity index (χ4n) is 3.18. The van der Waals surface area contributed by atoms with E-state index in [9.17, 15) is 31.5 Å². The van der Waals surface area contributed by atoms with Crippen molar-refractivity contribution in [3.8, 4) is 0 Å². The zero-order valence-electron chi connectivity index (χ0n) is 16.4. The van der Waals surface area contributed by atoms with Crippen LogP contribution in [-0.2, 0) is 10.0 Å². The molecule has 1 aromatic carbocycles. The smallest absolute Gasteiger partial charge is 0.389 e. The fraction of sp³-hybridized carbons (Fsp3) is 0.611. The van der Waals surface area contributed by atoms with Crippen molar-refractivity contribution in [2.75, 3.05) is 51.7 Å². The minimum atomic E-state index is -4.13. The van der Waals surface area contributed by atoms with Crippen LogP contribution in [0.4, 0.5) is 18.9 Å². The summed E-state index contributed by atoms with van der Waals surface area (Å²) in [4.78, 5) is 15.1. The third-order valence-electron chi connectivity index (χ3n) is 4.86. The van der Waals surface area contributed by atoms with Crippen LogP contribution in [0.3, 0.4) is 0 Å². The second kappa shape index (κ2) is 9.31. The average molecular weight is 437 g/mol. The molecule has 1 heterocycles. The first kappa shape index (κ1) is 23.4. The predicted molar refractivity (Wildman–Crippen MR) is 103 cm³/mol. The number of nitrogens with zero attached hydrogens (tertiary/aromatic N) is 3. The monoisotopic (exact) mass is 437 g/mol. The molecule has 0 amide bonds. The van der Waals surface area contributed by atoms with Crippen LogP contribution in [0.5, 0.6) is 0 Å². The Kier molecular flexibility index (Phi) is 7.52. The molecule has 11 heteroatoms. The van der Waals surface area contributed by atoms with Crippen molar-refractivity contribution in [3.63, 3.8) is 0 Å². The minimum absolute atomic E-state index is 0.0685. The first-order valence-corrected chi connectivity index (χ1v) is 10.7. The van der Waals surface area contributed by atoms with Crippen molar-refractivity contribution >= 4 is 21.7 Å². The molecule has 0 aromatic heterocycles. The van der Waals surface area contributed by atoms with Gasteiger partial charge in [0.05, 0.1) is 11.3 Å². The first-order chi connectivity index (χ1) is 13.4. The van der Waals surface area contributed by atoms with Gasteiger partial charge in [-0.25, -0.2) is 17.5 Å². The number of piperazine rings is 1. The predicted octanol–water partition coefficient (Wildman–Crippen LogP) is 2.49. The second-order valence-corrected chi connectivity index (χ2v) is 9.30. The number of rotatable bonds is 8. The summed E-state index contributed by atoms with van der Waals surface area (Å²) in [5.41, 5.74) is 0.317. The van der Waals surface area contributed by atoms with Gasteiger partial charge in [-0.1, -0.05) is 0 Å². The van der Waals surface area contributed by atoms with Gasteiger partial charge >= 0.3 is 12.1 Å². The molecule has 1 aliphatic heterocycles. The number of carboxylic acids is 1. The second-order valence-electron chi connectivity index (χ2n) is 7.18. The molecule has 0 bridgehead atoms. The highest BCUT2D eigenvalue weighted by atomic mass is 32.2. The first-order valence-electron chi connectivity index (χ1n) is 9.26. The van der Waals surface area contributed by atoms with Crippen LogP contribution >= 0.6 is 0 Å². The Labute approximate surface area is 168 Å². The van der Waals surface area contributed by atoms with E-state index < -0.39 is 28.6 Å². The molecule has 164 valence electrons. The Balaban J connectivity index is 2.07. The quantitative estimate of drug-likeness (QED) is 0.630. The van der Waals surface area contributed by atoms with Crippen LogP contribution < -0.4 is 4.90 Å². The molecule has 1 fully saturated rings. The number of hydrogen-bond donors (Lipinski definition) is 1.